The van der Waals surface area contributed by atoms with Crippen LogP contribution in [0.2, 0.25) is 0 Å². The summed E-state index contributed by atoms with van der Waals surface area (Å²) in [6, 6.07) is 6.03. The zero-order valence-corrected chi connectivity index (χ0v) is 17.3. The highest BCUT2D eigenvalue weighted by atomic mass is 19.1. The molecule has 2 aliphatic heterocycles. The summed E-state index contributed by atoms with van der Waals surface area (Å²) < 4.78 is 26.2. The molecule has 162 valence electrons. The van der Waals surface area contributed by atoms with Crippen molar-refractivity contribution in [3.05, 3.63) is 53.6 Å². The Bertz CT molecular complexity index is 1140. The minimum Gasteiger partial charge on any atom is -0.496 e. The number of hydrogen-bond acceptors (Lipinski definition) is 8. The van der Waals surface area contributed by atoms with E-state index in [1.54, 1.807) is 23.9 Å². The fourth-order valence-electron chi connectivity index (χ4n) is 3.89. The fraction of sp³-hybridized carbons (Fsp3) is 0.381. The van der Waals surface area contributed by atoms with Crippen LogP contribution in [0.4, 0.5) is 10.2 Å². The van der Waals surface area contributed by atoms with Gasteiger partial charge in [-0.15, -0.1) is 0 Å². The number of hydrogen-bond donors (Lipinski definition) is 2. The van der Waals surface area contributed by atoms with E-state index in [0.29, 0.717) is 54.7 Å². The molecule has 31 heavy (non-hydrogen) atoms. The predicted octanol–water partition coefficient (Wildman–Crippen LogP) is 2.84. The lowest BCUT2D eigenvalue weighted by Crippen LogP contribution is -2.49. The van der Waals surface area contributed by atoms with Crippen LogP contribution in [0.15, 0.2) is 41.8 Å². The molecule has 10 heteroatoms. The van der Waals surface area contributed by atoms with E-state index >= 15 is 0 Å². The van der Waals surface area contributed by atoms with Gasteiger partial charge in [-0.1, -0.05) is 5.16 Å². The molecule has 4 heterocycles. The normalized spacial score (nSPS) is 18.4. The third kappa shape index (κ3) is 3.63. The van der Waals surface area contributed by atoms with Crippen molar-refractivity contribution in [3.63, 3.8) is 0 Å². The van der Waals surface area contributed by atoms with Gasteiger partial charge >= 0.3 is 0 Å². The Morgan fingerprint density at radius 1 is 1.29 bits per heavy atom. The van der Waals surface area contributed by atoms with E-state index in [2.05, 4.69) is 20.9 Å². The zero-order chi connectivity index (χ0) is 21.4. The number of ether oxygens (including phenoxy) is 2. The summed E-state index contributed by atoms with van der Waals surface area (Å²) in [6.45, 7) is 3.17. The number of methoxy groups -OCH3 is 1. The molecule has 0 radical (unpaired) electrons. The number of fused-ring (bicyclic) bond motifs is 1. The van der Waals surface area contributed by atoms with E-state index in [9.17, 15) is 4.39 Å². The standard InChI is InChI=1S/C21H23FN6O3/c1-13(15-11-14(22)3-4-17(15)29-2)24-18-5-8-28-20(25-18)16(12-23-28)19-26-21(31-27-19)6-9-30-10-7-21/h3-5,8,11-13H,6-7,9-10H2,1-2H3,(H,24,25)(H,26,27)/t13-/m1/s1. The molecule has 1 fully saturated rings. The third-order valence-corrected chi connectivity index (χ3v) is 5.61. The monoisotopic (exact) mass is 426 g/mol. The lowest BCUT2D eigenvalue weighted by Gasteiger charge is -2.30. The van der Waals surface area contributed by atoms with Crippen molar-refractivity contribution < 1.29 is 18.7 Å². The Labute approximate surface area is 178 Å². The van der Waals surface area contributed by atoms with E-state index in [-0.39, 0.29) is 11.9 Å². The molecule has 3 aromatic rings. The molecular weight excluding hydrogens is 403 g/mol. The van der Waals surface area contributed by atoms with Crippen LogP contribution in [0.3, 0.4) is 0 Å². The van der Waals surface area contributed by atoms with Gasteiger partial charge in [0.15, 0.2) is 11.5 Å². The van der Waals surface area contributed by atoms with E-state index in [1.165, 1.54) is 12.1 Å². The summed E-state index contributed by atoms with van der Waals surface area (Å²) in [4.78, 5) is 10.4. The first-order chi connectivity index (χ1) is 15.1. The van der Waals surface area contributed by atoms with Crippen molar-refractivity contribution in [2.75, 3.05) is 25.6 Å². The minimum atomic E-state index is -0.528. The number of rotatable bonds is 5. The van der Waals surface area contributed by atoms with Crippen molar-refractivity contribution >= 4 is 17.3 Å². The van der Waals surface area contributed by atoms with Crippen molar-refractivity contribution in [1.82, 2.24) is 19.9 Å². The van der Waals surface area contributed by atoms with Crippen molar-refractivity contribution in [2.24, 2.45) is 5.16 Å². The summed E-state index contributed by atoms with van der Waals surface area (Å²) in [5, 5.41) is 15.3. The maximum absolute atomic E-state index is 13.8. The van der Waals surface area contributed by atoms with E-state index in [4.69, 9.17) is 19.3 Å². The van der Waals surface area contributed by atoms with Crippen LogP contribution >= 0.6 is 0 Å². The second kappa shape index (κ2) is 7.69. The Balaban J connectivity index is 1.40. The predicted molar refractivity (Wildman–Crippen MR) is 112 cm³/mol. The van der Waals surface area contributed by atoms with Crippen molar-refractivity contribution in [2.45, 2.75) is 31.5 Å². The summed E-state index contributed by atoms with van der Waals surface area (Å²) in [5.74, 6) is 1.50. The van der Waals surface area contributed by atoms with Gasteiger partial charge in [-0.05, 0) is 31.2 Å². The maximum Gasteiger partial charge on any atom is 0.213 e. The molecule has 0 unspecified atom stereocenters. The number of oxime groups is 1. The van der Waals surface area contributed by atoms with Gasteiger partial charge in [-0.3, -0.25) is 0 Å². The number of nitrogens with one attached hydrogen (secondary N) is 2. The first-order valence-corrected chi connectivity index (χ1v) is 10.1. The van der Waals surface area contributed by atoms with Gasteiger partial charge in [0.1, 0.15) is 17.4 Å². The number of benzene rings is 1. The molecule has 1 saturated heterocycles. The summed E-state index contributed by atoms with van der Waals surface area (Å²) in [7, 11) is 1.56. The van der Waals surface area contributed by atoms with Crippen LogP contribution in [-0.4, -0.2) is 46.5 Å². The average molecular weight is 426 g/mol. The average Bonchev–Trinajstić information content (AvgIpc) is 3.38. The Morgan fingerprint density at radius 2 is 2.13 bits per heavy atom. The highest BCUT2D eigenvalue weighted by molar-refractivity contribution is 6.04. The summed E-state index contributed by atoms with van der Waals surface area (Å²) >= 11 is 0. The molecule has 0 aliphatic carbocycles. The smallest absolute Gasteiger partial charge is 0.213 e. The third-order valence-electron chi connectivity index (χ3n) is 5.61. The maximum atomic E-state index is 13.8. The molecule has 2 aromatic heterocycles. The molecular formula is C21H23FN6O3. The van der Waals surface area contributed by atoms with Gasteiger partial charge in [-0.2, -0.15) is 5.10 Å². The summed E-state index contributed by atoms with van der Waals surface area (Å²) in [6.07, 6.45) is 4.95. The Kier molecular flexibility index (Phi) is 4.85. The second-order valence-electron chi connectivity index (χ2n) is 7.65. The van der Waals surface area contributed by atoms with Gasteiger partial charge in [-0.25, -0.2) is 13.9 Å². The molecule has 2 aliphatic rings. The molecule has 1 atom stereocenters. The molecule has 1 spiro atoms. The Hall–Kier alpha value is -3.40. The van der Waals surface area contributed by atoms with Gasteiger partial charge in [0.05, 0.1) is 38.1 Å². The Morgan fingerprint density at radius 3 is 2.94 bits per heavy atom. The van der Waals surface area contributed by atoms with Crippen LogP contribution in [-0.2, 0) is 9.57 Å². The number of halogens is 1. The van der Waals surface area contributed by atoms with Crippen LogP contribution < -0.4 is 15.4 Å². The molecule has 0 bridgehead atoms. The van der Waals surface area contributed by atoms with Crippen LogP contribution in [0.25, 0.3) is 5.65 Å². The molecule has 9 nitrogen and oxygen atoms in total. The lowest BCUT2D eigenvalue weighted by molar-refractivity contribution is -0.104. The van der Waals surface area contributed by atoms with E-state index in [1.807, 2.05) is 19.2 Å². The second-order valence-corrected chi connectivity index (χ2v) is 7.65. The van der Waals surface area contributed by atoms with Gasteiger partial charge in [0, 0.05) is 24.6 Å². The van der Waals surface area contributed by atoms with Crippen LogP contribution in [0.5, 0.6) is 5.75 Å². The van der Waals surface area contributed by atoms with Gasteiger partial charge in [0.2, 0.25) is 5.72 Å². The molecule has 5 rings (SSSR count). The van der Waals surface area contributed by atoms with Gasteiger partial charge in [0.25, 0.3) is 0 Å². The van der Waals surface area contributed by atoms with Crippen LogP contribution in [0, 0.1) is 5.82 Å². The summed E-state index contributed by atoms with van der Waals surface area (Å²) in [5.41, 5.74) is 1.54. The first-order valence-electron chi connectivity index (χ1n) is 10.1. The highest BCUT2D eigenvalue weighted by Gasteiger charge is 2.41. The number of amidine groups is 1. The first kappa shape index (κ1) is 19.6. The minimum absolute atomic E-state index is 0.234. The fourth-order valence-corrected chi connectivity index (χ4v) is 3.89. The van der Waals surface area contributed by atoms with Crippen molar-refractivity contribution in [3.8, 4) is 5.75 Å². The van der Waals surface area contributed by atoms with Crippen molar-refractivity contribution in [1.29, 1.82) is 0 Å². The number of aromatic nitrogens is 3. The molecule has 1 aromatic carbocycles. The molecule has 0 saturated carbocycles. The molecule has 0 amide bonds. The number of nitrogens with zero attached hydrogens (tertiary/aromatic N) is 4. The lowest BCUT2D eigenvalue weighted by atomic mass is 10.0. The van der Waals surface area contributed by atoms with Crippen LogP contribution in [0.1, 0.15) is 36.9 Å². The number of anilines is 1. The van der Waals surface area contributed by atoms with Gasteiger partial charge < -0.3 is 24.9 Å². The quantitative estimate of drug-likeness (QED) is 0.648. The molecule has 2 N–H and O–H groups in total. The highest BCUT2D eigenvalue weighted by Crippen LogP contribution is 2.30. The van der Waals surface area contributed by atoms with E-state index < -0.39 is 5.72 Å². The largest absolute Gasteiger partial charge is 0.496 e. The topological polar surface area (TPSA) is 94.3 Å². The van der Waals surface area contributed by atoms with E-state index in [0.717, 1.165) is 5.56 Å². The SMILES string of the molecule is COc1ccc(F)cc1[C@@H](C)Nc1ccn2ncc(C3=NOC4(CCOCC4)N3)c2n1. The zero-order valence-electron chi connectivity index (χ0n) is 17.3.